The summed E-state index contributed by atoms with van der Waals surface area (Å²) in [5.41, 5.74) is 5.66. The Balaban J connectivity index is 1.67. The maximum absolute atomic E-state index is 12.6. The minimum atomic E-state index is -0.0427. The molecule has 1 N–H and O–H groups in total. The molecule has 27 heavy (non-hydrogen) atoms. The van der Waals surface area contributed by atoms with Crippen LogP contribution in [0.15, 0.2) is 36.4 Å². The summed E-state index contributed by atoms with van der Waals surface area (Å²) in [6, 6.07) is 11.7. The van der Waals surface area contributed by atoms with Crippen molar-refractivity contribution in [1.82, 2.24) is 4.90 Å². The average molecular weight is 383 g/mol. The number of thioether (sulfide) groups is 1. The Morgan fingerprint density at radius 3 is 2.44 bits per heavy atom. The summed E-state index contributed by atoms with van der Waals surface area (Å²) < 4.78 is 0. The van der Waals surface area contributed by atoms with E-state index in [-0.39, 0.29) is 11.8 Å². The van der Waals surface area contributed by atoms with Gasteiger partial charge in [-0.1, -0.05) is 23.8 Å². The summed E-state index contributed by atoms with van der Waals surface area (Å²) in [6.07, 6.45) is 0.346. The van der Waals surface area contributed by atoms with Crippen LogP contribution in [0.25, 0.3) is 0 Å². The van der Waals surface area contributed by atoms with Gasteiger partial charge < -0.3 is 10.2 Å². The first-order chi connectivity index (χ1) is 12.9. The molecule has 5 heteroatoms. The fourth-order valence-electron chi connectivity index (χ4n) is 3.24. The monoisotopic (exact) mass is 382 g/mol. The molecule has 1 heterocycles. The number of nitrogens with zero attached hydrogens (tertiary/aromatic N) is 1. The molecule has 1 fully saturated rings. The third-order valence-corrected chi connectivity index (χ3v) is 5.84. The lowest BCUT2D eigenvalue weighted by atomic mass is 10.0. The van der Waals surface area contributed by atoms with E-state index in [0.29, 0.717) is 12.0 Å². The number of aryl methyl sites for hydroxylation is 3. The van der Waals surface area contributed by atoms with Crippen molar-refractivity contribution in [2.24, 2.45) is 0 Å². The molecule has 1 aliphatic heterocycles. The first-order valence-electron chi connectivity index (χ1n) is 9.27. The number of rotatable bonds is 4. The van der Waals surface area contributed by atoms with Crippen LogP contribution < -0.4 is 5.32 Å². The number of carbonyl (C=O) groups is 2. The largest absolute Gasteiger partial charge is 0.337 e. The molecule has 3 rings (SSSR count). The normalized spacial score (nSPS) is 14.1. The van der Waals surface area contributed by atoms with E-state index in [2.05, 4.69) is 17.4 Å². The smallest absolute Gasteiger partial charge is 0.253 e. The highest BCUT2D eigenvalue weighted by molar-refractivity contribution is 7.99. The summed E-state index contributed by atoms with van der Waals surface area (Å²) in [4.78, 5) is 27.0. The molecule has 0 spiro atoms. The molecule has 2 aromatic rings. The molecule has 0 aromatic heterocycles. The Hall–Kier alpha value is -2.27. The maximum Gasteiger partial charge on any atom is 0.253 e. The Bertz CT molecular complexity index is 857. The lowest BCUT2D eigenvalue weighted by Crippen LogP contribution is -2.37. The molecule has 4 nitrogen and oxygen atoms in total. The number of hydrogen-bond donors (Lipinski definition) is 1. The first-order valence-corrected chi connectivity index (χ1v) is 10.4. The molecule has 142 valence electrons. The highest BCUT2D eigenvalue weighted by Crippen LogP contribution is 2.20. The summed E-state index contributed by atoms with van der Waals surface area (Å²) in [7, 11) is 0. The topological polar surface area (TPSA) is 49.4 Å². The second-order valence-corrected chi connectivity index (χ2v) is 8.31. The fourth-order valence-corrected chi connectivity index (χ4v) is 4.15. The van der Waals surface area contributed by atoms with Gasteiger partial charge in [-0.3, -0.25) is 9.59 Å². The molecular weight excluding hydrogens is 356 g/mol. The van der Waals surface area contributed by atoms with Crippen LogP contribution in [-0.4, -0.2) is 41.3 Å². The van der Waals surface area contributed by atoms with E-state index in [1.54, 1.807) is 0 Å². The molecule has 1 saturated heterocycles. The van der Waals surface area contributed by atoms with Gasteiger partial charge in [0, 0.05) is 35.8 Å². The zero-order chi connectivity index (χ0) is 19.4. The van der Waals surface area contributed by atoms with Gasteiger partial charge in [-0.25, -0.2) is 0 Å². The van der Waals surface area contributed by atoms with Crippen molar-refractivity contribution in [3.63, 3.8) is 0 Å². The quantitative estimate of drug-likeness (QED) is 0.870. The van der Waals surface area contributed by atoms with E-state index in [1.165, 1.54) is 0 Å². The van der Waals surface area contributed by atoms with Crippen molar-refractivity contribution < 1.29 is 9.59 Å². The van der Waals surface area contributed by atoms with Crippen LogP contribution in [0.4, 0.5) is 5.69 Å². The molecule has 0 aliphatic carbocycles. The van der Waals surface area contributed by atoms with Crippen molar-refractivity contribution in [2.45, 2.75) is 27.2 Å². The van der Waals surface area contributed by atoms with Gasteiger partial charge in [-0.2, -0.15) is 11.8 Å². The van der Waals surface area contributed by atoms with E-state index < -0.39 is 0 Å². The first kappa shape index (κ1) is 19.5. The van der Waals surface area contributed by atoms with Crippen molar-refractivity contribution in [3.8, 4) is 0 Å². The van der Waals surface area contributed by atoms with Crippen LogP contribution in [0.5, 0.6) is 0 Å². The minimum absolute atomic E-state index is 0.0427. The lowest BCUT2D eigenvalue weighted by molar-refractivity contribution is -0.115. The summed E-state index contributed by atoms with van der Waals surface area (Å²) >= 11 is 1.88. The molecule has 0 saturated carbocycles. The average Bonchev–Trinajstić information content (AvgIpc) is 2.66. The Morgan fingerprint density at radius 2 is 1.74 bits per heavy atom. The number of benzene rings is 2. The van der Waals surface area contributed by atoms with E-state index in [4.69, 9.17) is 0 Å². The van der Waals surface area contributed by atoms with Gasteiger partial charge >= 0.3 is 0 Å². The summed E-state index contributed by atoms with van der Waals surface area (Å²) in [6.45, 7) is 7.58. The Labute approximate surface area is 165 Å². The zero-order valence-electron chi connectivity index (χ0n) is 16.2. The number of hydrogen-bond acceptors (Lipinski definition) is 3. The summed E-state index contributed by atoms with van der Waals surface area (Å²) in [5.74, 6) is 2.03. The van der Waals surface area contributed by atoms with E-state index in [9.17, 15) is 9.59 Å². The third kappa shape index (κ3) is 4.92. The van der Waals surface area contributed by atoms with Crippen LogP contribution in [0.1, 0.15) is 32.6 Å². The van der Waals surface area contributed by atoms with E-state index in [0.717, 1.165) is 52.5 Å². The Morgan fingerprint density at radius 1 is 1.00 bits per heavy atom. The second kappa shape index (κ2) is 8.61. The van der Waals surface area contributed by atoms with Gasteiger partial charge in [0.15, 0.2) is 0 Å². The maximum atomic E-state index is 12.6. The van der Waals surface area contributed by atoms with Crippen molar-refractivity contribution >= 4 is 29.3 Å². The van der Waals surface area contributed by atoms with Gasteiger partial charge in [-0.05, 0) is 55.7 Å². The van der Waals surface area contributed by atoms with E-state index >= 15 is 0 Å². The zero-order valence-corrected chi connectivity index (χ0v) is 17.0. The van der Waals surface area contributed by atoms with Gasteiger partial charge in [0.1, 0.15) is 0 Å². The van der Waals surface area contributed by atoms with Crippen molar-refractivity contribution in [2.75, 3.05) is 29.9 Å². The minimum Gasteiger partial charge on any atom is -0.337 e. The van der Waals surface area contributed by atoms with Gasteiger partial charge in [0.2, 0.25) is 5.91 Å². The third-order valence-electron chi connectivity index (χ3n) is 4.90. The Kier molecular flexibility index (Phi) is 6.22. The predicted molar refractivity (Wildman–Crippen MR) is 113 cm³/mol. The number of anilines is 1. The molecule has 0 unspecified atom stereocenters. The standard InChI is InChI=1S/C22H26N2O2S/c1-15-4-5-16(2)19(12-15)14-21(25)23-20-7-6-18(13-17(20)3)22(26)24-8-10-27-11-9-24/h4-7,12-13H,8-11,14H2,1-3H3,(H,23,25). The highest BCUT2D eigenvalue weighted by atomic mass is 32.2. The van der Waals surface area contributed by atoms with Gasteiger partial charge in [0.25, 0.3) is 5.91 Å². The number of amides is 2. The number of carbonyl (C=O) groups excluding carboxylic acids is 2. The van der Waals surface area contributed by atoms with Gasteiger partial charge in [-0.15, -0.1) is 0 Å². The summed E-state index contributed by atoms with van der Waals surface area (Å²) in [5, 5.41) is 2.98. The van der Waals surface area contributed by atoms with Crippen molar-refractivity contribution in [3.05, 3.63) is 64.2 Å². The molecule has 0 atom stereocenters. The van der Waals surface area contributed by atoms with Crippen LogP contribution in [0.2, 0.25) is 0 Å². The predicted octanol–water partition coefficient (Wildman–Crippen LogP) is 3.98. The molecular formula is C22H26N2O2S. The second-order valence-electron chi connectivity index (χ2n) is 7.09. The fraction of sp³-hybridized carbons (Fsp3) is 0.364. The highest BCUT2D eigenvalue weighted by Gasteiger charge is 2.19. The molecule has 2 amide bonds. The molecule has 0 bridgehead atoms. The van der Waals surface area contributed by atoms with Crippen LogP contribution in [0, 0.1) is 20.8 Å². The molecule has 1 aliphatic rings. The SMILES string of the molecule is Cc1ccc(C)c(CC(=O)Nc2ccc(C(=O)N3CCSCC3)cc2C)c1. The molecule has 2 aromatic carbocycles. The number of nitrogens with one attached hydrogen (secondary N) is 1. The lowest BCUT2D eigenvalue weighted by Gasteiger charge is -2.26. The van der Waals surface area contributed by atoms with E-state index in [1.807, 2.05) is 61.7 Å². The van der Waals surface area contributed by atoms with Crippen LogP contribution in [-0.2, 0) is 11.2 Å². The molecule has 0 radical (unpaired) electrons. The van der Waals surface area contributed by atoms with Crippen LogP contribution >= 0.6 is 11.8 Å². The van der Waals surface area contributed by atoms with Crippen LogP contribution in [0.3, 0.4) is 0 Å². The van der Waals surface area contributed by atoms with Gasteiger partial charge in [0.05, 0.1) is 6.42 Å². The van der Waals surface area contributed by atoms with Crippen molar-refractivity contribution in [1.29, 1.82) is 0 Å².